The Kier molecular flexibility index (Phi) is 6.85. The van der Waals surface area contributed by atoms with Gasteiger partial charge in [0.15, 0.2) is 0 Å². The maximum Gasteiger partial charge on any atom is 0.416 e. The van der Waals surface area contributed by atoms with Gasteiger partial charge in [-0.3, -0.25) is 4.79 Å². The fourth-order valence-corrected chi connectivity index (χ4v) is 4.96. The molecule has 0 unspecified atom stereocenters. The summed E-state index contributed by atoms with van der Waals surface area (Å²) in [5.41, 5.74) is 6.13. The predicted molar refractivity (Wildman–Crippen MR) is 140 cm³/mol. The zero-order chi connectivity index (χ0) is 26.0. The Morgan fingerprint density at radius 1 is 0.865 bits per heavy atom. The normalized spacial score (nSPS) is 14.9. The Labute approximate surface area is 214 Å². The lowest BCUT2D eigenvalue weighted by Gasteiger charge is -2.15. The number of hydrogen-bond acceptors (Lipinski definition) is 2. The fourth-order valence-electron chi connectivity index (χ4n) is 4.96. The van der Waals surface area contributed by atoms with Crippen molar-refractivity contribution in [3.05, 3.63) is 124 Å². The van der Waals surface area contributed by atoms with Crippen LogP contribution >= 0.6 is 0 Å². The molecule has 37 heavy (non-hydrogen) atoms. The van der Waals surface area contributed by atoms with Crippen LogP contribution in [-0.2, 0) is 25.6 Å². The number of nitrogens with one attached hydrogen (secondary N) is 2. The highest BCUT2D eigenvalue weighted by Gasteiger charge is 2.30. The maximum absolute atomic E-state index is 13.3. The van der Waals surface area contributed by atoms with Crippen LogP contribution in [0, 0.1) is 6.92 Å². The highest BCUT2D eigenvalue weighted by molar-refractivity contribution is 6.09. The zero-order valence-corrected chi connectivity index (χ0v) is 20.4. The van der Waals surface area contributed by atoms with Crippen molar-refractivity contribution in [2.45, 2.75) is 38.5 Å². The van der Waals surface area contributed by atoms with Gasteiger partial charge in [-0.25, -0.2) is 0 Å². The molecule has 4 aromatic carbocycles. The summed E-state index contributed by atoms with van der Waals surface area (Å²) in [6.07, 6.45) is -2.59. The average Bonchev–Trinajstić information content (AvgIpc) is 3.30. The van der Waals surface area contributed by atoms with E-state index in [0.717, 1.165) is 37.1 Å². The molecule has 0 saturated carbocycles. The highest BCUT2D eigenvalue weighted by atomic mass is 19.4. The van der Waals surface area contributed by atoms with Gasteiger partial charge in [-0.05, 0) is 83.5 Å². The van der Waals surface area contributed by atoms with Crippen molar-refractivity contribution < 1.29 is 18.0 Å². The van der Waals surface area contributed by atoms with Crippen molar-refractivity contribution in [1.29, 1.82) is 0 Å². The fraction of sp³-hybridized carbons (Fsp3) is 0.194. The Bertz CT molecular complexity index is 1410. The van der Waals surface area contributed by atoms with Crippen LogP contribution in [0.5, 0.6) is 0 Å². The molecule has 0 aliphatic heterocycles. The summed E-state index contributed by atoms with van der Waals surface area (Å²) in [4.78, 5) is 13.3. The van der Waals surface area contributed by atoms with Crippen molar-refractivity contribution in [2.24, 2.45) is 0 Å². The van der Waals surface area contributed by atoms with Crippen molar-refractivity contribution in [2.75, 3.05) is 5.32 Å². The van der Waals surface area contributed by atoms with E-state index in [1.54, 1.807) is 12.1 Å². The van der Waals surface area contributed by atoms with Gasteiger partial charge in [-0.15, -0.1) is 0 Å². The first-order chi connectivity index (χ1) is 17.8. The summed E-state index contributed by atoms with van der Waals surface area (Å²) in [5, 5.41) is 6.61. The summed E-state index contributed by atoms with van der Waals surface area (Å²) in [6.45, 7) is 2.66. The smallest absolute Gasteiger partial charge is 0.322 e. The molecule has 0 radical (unpaired) electrons. The van der Waals surface area contributed by atoms with Crippen LogP contribution in [-0.4, -0.2) is 11.9 Å². The molecule has 0 aromatic heterocycles. The van der Waals surface area contributed by atoms with E-state index in [0.29, 0.717) is 28.4 Å². The number of benzene rings is 4. The second-order valence-corrected chi connectivity index (χ2v) is 9.48. The molecular formula is C31H27F3N2O. The largest absolute Gasteiger partial charge is 0.416 e. The van der Waals surface area contributed by atoms with Gasteiger partial charge >= 0.3 is 6.18 Å². The summed E-state index contributed by atoms with van der Waals surface area (Å²) in [6, 6.07) is 26.9. The standard InChI is InChI=1S/C31H27F3N2O/c1-20-6-5-9-28(29(20)22-10-13-25(14-11-22)31(32,33)34)30(37)36-26-15-12-23-16-27(18-24(23)17-26)35-19-21-7-3-2-4-8-21/h2-15,17,27,35H,16,18-19H2,1H3,(H,36,37)/t27-/m1/s1. The predicted octanol–water partition coefficient (Wildman–Crippen LogP) is 7.19. The molecule has 0 bridgehead atoms. The lowest BCUT2D eigenvalue weighted by atomic mass is 9.93. The van der Waals surface area contributed by atoms with E-state index in [4.69, 9.17) is 0 Å². The van der Waals surface area contributed by atoms with Gasteiger partial charge in [-0.1, -0.05) is 60.7 Å². The van der Waals surface area contributed by atoms with Crippen LogP contribution in [0.4, 0.5) is 18.9 Å². The molecule has 3 nitrogen and oxygen atoms in total. The summed E-state index contributed by atoms with van der Waals surface area (Å²) in [7, 11) is 0. The monoisotopic (exact) mass is 500 g/mol. The number of rotatable bonds is 6. The van der Waals surface area contributed by atoms with Crippen molar-refractivity contribution >= 4 is 11.6 Å². The van der Waals surface area contributed by atoms with Gasteiger partial charge in [0.05, 0.1) is 5.56 Å². The van der Waals surface area contributed by atoms with Crippen LogP contribution < -0.4 is 10.6 Å². The number of carbonyl (C=O) groups excluding carboxylic acids is 1. The Balaban J connectivity index is 1.31. The van der Waals surface area contributed by atoms with Crippen molar-refractivity contribution in [1.82, 2.24) is 5.32 Å². The number of anilines is 1. The third-order valence-electron chi connectivity index (χ3n) is 6.85. The van der Waals surface area contributed by atoms with Crippen LogP contribution in [0.2, 0.25) is 0 Å². The molecule has 0 fully saturated rings. The van der Waals surface area contributed by atoms with E-state index in [2.05, 4.69) is 28.8 Å². The number of amides is 1. The lowest BCUT2D eigenvalue weighted by molar-refractivity contribution is -0.137. The minimum Gasteiger partial charge on any atom is -0.322 e. The maximum atomic E-state index is 13.3. The first-order valence-electron chi connectivity index (χ1n) is 12.3. The molecule has 4 aromatic rings. The minimum atomic E-state index is -4.41. The van der Waals surface area contributed by atoms with E-state index in [9.17, 15) is 18.0 Å². The third-order valence-corrected chi connectivity index (χ3v) is 6.85. The number of halogens is 3. The van der Waals surface area contributed by atoms with E-state index in [1.807, 2.05) is 43.3 Å². The van der Waals surface area contributed by atoms with Gasteiger partial charge in [0.25, 0.3) is 5.91 Å². The van der Waals surface area contributed by atoms with Crippen LogP contribution in [0.25, 0.3) is 11.1 Å². The first kappa shape index (κ1) is 24.8. The minimum absolute atomic E-state index is 0.296. The SMILES string of the molecule is Cc1cccc(C(=O)Nc2ccc3c(c2)C[C@H](NCc2ccccc2)C3)c1-c1ccc(C(F)(F)F)cc1. The average molecular weight is 501 g/mol. The van der Waals surface area contributed by atoms with Gasteiger partial charge in [-0.2, -0.15) is 13.2 Å². The van der Waals surface area contributed by atoms with Crippen molar-refractivity contribution in [3.8, 4) is 11.1 Å². The van der Waals surface area contributed by atoms with E-state index in [1.165, 1.54) is 28.8 Å². The summed E-state index contributed by atoms with van der Waals surface area (Å²) >= 11 is 0. The lowest BCUT2D eigenvalue weighted by Crippen LogP contribution is -2.28. The first-order valence-corrected chi connectivity index (χ1v) is 12.3. The quantitative estimate of drug-likeness (QED) is 0.294. The second-order valence-electron chi connectivity index (χ2n) is 9.48. The molecule has 0 spiro atoms. The number of carbonyl (C=O) groups is 1. The second kappa shape index (κ2) is 10.2. The summed E-state index contributed by atoms with van der Waals surface area (Å²) < 4.78 is 39.1. The van der Waals surface area contributed by atoms with Gasteiger partial charge in [0, 0.05) is 23.8 Å². The molecular weight excluding hydrogens is 473 g/mol. The molecule has 5 rings (SSSR count). The molecule has 0 saturated heterocycles. The Hall–Kier alpha value is -3.90. The highest BCUT2D eigenvalue weighted by Crippen LogP contribution is 2.34. The Morgan fingerprint density at radius 3 is 2.32 bits per heavy atom. The van der Waals surface area contributed by atoms with Crippen LogP contribution in [0.1, 0.15) is 38.2 Å². The molecule has 2 N–H and O–H groups in total. The molecule has 0 heterocycles. The van der Waals surface area contributed by atoms with Crippen LogP contribution in [0.3, 0.4) is 0 Å². The van der Waals surface area contributed by atoms with Gasteiger partial charge in [0.2, 0.25) is 0 Å². The van der Waals surface area contributed by atoms with Crippen molar-refractivity contribution in [3.63, 3.8) is 0 Å². The van der Waals surface area contributed by atoms with E-state index >= 15 is 0 Å². The molecule has 1 aliphatic rings. The molecule has 6 heteroatoms. The number of fused-ring (bicyclic) bond motifs is 1. The molecule has 188 valence electrons. The van der Waals surface area contributed by atoms with Gasteiger partial charge in [0.1, 0.15) is 0 Å². The van der Waals surface area contributed by atoms with Gasteiger partial charge < -0.3 is 10.6 Å². The Morgan fingerprint density at radius 2 is 1.59 bits per heavy atom. The van der Waals surface area contributed by atoms with E-state index < -0.39 is 11.7 Å². The van der Waals surface area contributed by atoms with Crippen LogP contribution in [0.15, 0.2) is 91.0 Å². The molecule has 1 atom stereocenters. The molecule has 1 aliphatic carbocycles. The summed E-state index contributed by atoms with van der Waals surface area (Å²) in [5.74, 6) is -0.296. The third kappa shape index (κ3) is 5.59. The number of alkyl halides is 3. The topological polar surface area (TPSA) is 41.1 Å². The zero-order valence-electron chi connectivity index (χ0n) is 20.4. The number of hydrogen-bond donors (Lipinski definition) is 2. The molecule has 1 amide bonds. The number of aryl methyl sites for hydroxylation is 1. The van der Waals surface area contributed by atoms with E-state index in [-0.39, 0.29) is 5.91 Å².